The fourth-order valence-electron chi connectivity index (χ4n) is 2.51. The Morgan fingerprint density at radius 3 is 2.37 bits per heavy atom. The first-order chi connectivity index (χ1) is 8.97. The van der Waals surface area contributed by atoms with Gasteiger partial charge in [-0.2, -0.15) is 13.2 Å². The molecule has 0 bridgehead atoms. The molecule has 2 saturated heterocycles. The van der Waals surface area contributed by atoms with E-state index in [9.17, 15) is 18.0 Å². The molecular weight excluding hydrogens is 261 g/mol. The molecule has 1 unspecified atom stereocenters. The molecule has 0 saturated carbocycles. The maximum atomic E-state index is 12.5. The molecule has 8 heteroatoms. The van der Waals surface area contributed by atoms with Crippen molar-refractivity contribution in [1.29, 1.82) is 0 Å². The van der Waals surface area contributed by atoms with E-state index in [0.29, 0.717) is 39.3 Å². The highest BCUT2D eigenvalue weighted by Crippen LogP contribution is 2.19. The number of hydrogen-bond acceptors (Lipinski definition) is 4. The molecule has 2 aliphatic rings. The summed E-state index contributed by atoms with van der Waals surface area (Å²) in [7, 11) is 0. The molecule has 2 rings (SSSR count). The monoisotopic (exact) mass is 280 g/mol. The molecule has 0 aromatic rings. The summed E-state index contributed by atoms with van der Waals surface area (Å²) in [6.07, 6.45) is -4.26. The number of nitrogens with one attached hydrogen (secondary N) is 2. The minimum absolute atomic E-state index is 0.196. The van der Waals surface area contributed by atoms with Gasteiger partial charge in [-0.15, -0.1) is 0 Å². The Labute approximate surface area is 110 Å². The summed E-state index contributed by atoms with van der Waals surface area (Å²) in [6.45, 7) is 2.54. The van der Waals surface area contributed by atoms with Crippen LogP contribution in [0.3, 0.4) is 0 Å². The minimum atomic E-state index is -4.26. The van der Waals surface area contributed by atoms with Crippen molar-refractivity contribution in [2.24, 2.45) is 0 Å². The molecule has 1 amide bonds. The van der Waals surface area contributed by atoms with E-state index in [1.54, 1.807) is 4.90 Å². The molecule has 2 N–H and O–H groups in total. The van der Waals surface area contributed by atoms with Gasteiger partial charge >= 0.3 is 6.18 Å². The summed E-state index contributed by atoms with van der Waals surface area (Å²) < 4.78 is 37.6. The zero-order valence-corrected chi connectivity index (χ0v) is 10.7. The maximum absolute atomic E-state index is 12.5. The van der Waals surface area contributed by atoms with E-state index in [-0.39, 0.29) is 12.5 Å². The molecular formula is C11H19F3N4O. The molecule has 0 aliphatic carbocycles. The van der Waals surface area contributed by atoms with Crippen molar-refractivity contribution in [2.45, 2.75) is 12.2 Å². The van der Waals surface area contributed by atoms with Crippen LogP contribution >= 0.6 is 0 Å². The number of rotatable bonds is 2. The van der Waals surface area contributed by atoms with Crippen LogP contribution in [0.1, 0.15) is 0 Å². The predicted molar refractivity (Wildman–Crippen MR) is 63.7 cm³/mol. The topological polar surface area (TPSA) is 47.6 Å². The van der Waals surface area contributed by atoms with Crippen molar-refractivity contribution in [3.05, 3.63) is 0 Å². The zero-order chi connectivity index (χ0) is 13.9. The van der Waals surface area contributed by atoms with Crippen LogP contribution in [0.15, 0.2) is 0 Å². The Bertz CT molecular complexity index is 318. The van der Waals surface area contributed by atoms with E-state index < -0.39 is 18.8 Å². The van der Waals surface area contributed by atoms with Crippen molar-refractivity contribution in [2.75, 3.05) is 52.4 Å². The quantitative estimate of drug-likeness (QED) is 0.699. The van der Waals surface area contributed by atoms with Crippen molar-refractivity contribution in [3.63, 3.8) is 0 Å². The van der Waals surface area contributed by atoms with Gasteiger partial charge in [0.1, 0.15) is 6.04 Å². The van der Waals surface area contributed by atoms with Crippen LogP contribution in [0, 0.1) is 0 Å². The Hall–Kier alpha value is -0.860. The molecule has 5 nitrogen and oxygen atoms in total. The first kappa shape index (κ1) is 14.5. The summed E-state index contributed by atoms with van der Waals surface area (Å²) in [6, 6.07) is -0.700. The van der Waals surface area contributed by atoms with E-state index in [0.717, 1.165) is 0 Å². The fourth-order valence-corrected chi connectivity index (χ4v) is 2.51. The van der Waals surface area contributed by atoms with Gasteiger partial charge in [0.05, 0.1) is 6.54 Å². The third kappa shape index (κ3) is 4.05. The molecule has 19 heavy (non-hydrogen) atoms. The lowest BCUT2D eigenvalue weighted by Crippen LogP contribution is -2.61. The van der Waals surface area contributed by atoms with Crippen LogP contribution in [0.25, 0.3) is 0 Å². The number of nitrogens with zero attached hydrogens (tertiary/aromatic N) is 2. The number of hydrogen-bond donors (Lipinski definition) is 2. The molecule has 0 spiro atoms. The number of alkyl halides is 3. The van der Waals surface area contributed by atoms with Crippen LogP contribution in [-0.2, 0) is 4.79 Å². The summed E-state index contributed by atoms with van der Waals surface area (Å²) in [5, 5.41) is 6.12. The van der Waals surface area contributed by atoms with Gasteiger partial charge in [0.25, 0.3) is 0 Å². The number of amides is 1. The summed E-state index contributed by atoms with van der Waals surface area (Å²) in [5.41, 5.74) is 0. The van der Waals surface area contributed by atoms with Gasteiger partial charge in [0.15, 0.2) is 0 Å². The second-order valence-corrected chi connectivity index (χ2v) is 4.88. The Morgan fingerprint density at radius 2 is 1.74 bits per heavy atom. The van der Waals surface area contributed by atoms with Gasteiger partial charge < -0.3 is 15.5 Å². The smallest absolute Gasteiger partial charge is 0.339 e. The third-order valence-corrected chi connectivity index (χ3v) is 3.45. The first-order valence-corrected chi connectivity index (χ1v) is 6.48. The summed E-state index contributed by atoms with van der Waals surface area (Å²) in [5.74, 6) is -0.196. The molecule has 1 atom stereocenters. The van der Waals surface area contributed by atoms with Crippen LogP contribution in [0.4, 0.5) is 13.2 Å². The molecule has 110 valence electrons. The molecule has 2 aliphatic heterocycles. The Kier molecular flexibility index (Phi) is 4.64. The van der Waals surface area contributed by atoms with Crippen LogP contribution in [-0.4, -0.2) is 80.3 Å². The van der Waals surface area contributed by atoms with Crippen molar-refractivity contribution in [3.8, 4) is 0 Å². The fraction of sp³-hybridized carbons (Fsp3) is 0.909. The summed E-state index contributed by atoms with van der Waals surface area (Å²) in [4.78, 5) is 15.2. The minimum Gasteiger partial charge on any atom is -0.339 e. The maximum Gasteiger partial charge on any atom is 0.401 e. The third-order valence-electron chi connectivity index (χ3n) is 3.45. The van der Waals surface area contributed by atoms with E-state index in [2.05, 4.69) is 10.6 Å². The lowest BCUT2D eigenvalue weighted by atomic mass is 10.1. The highest BCUT2D eigenvalue weighted by molar-refractivity contribution is 5.82. The Balaban J connectivity index is 1.99. The summed E-state index contributed by atoms with van der Waals surface area (Å²) >= 11 is 0. The average molecular weight is 280 g/mol. The molecule has 2 heterocycles. The van der Waals surface area contributed by atoms with E-state index >= 15 is 0 Å². The Morgan fingerprint density at radius 1 is 1.11 bits per heavy atom. The number of carbonyl (C=O) groups is 1. The van der Waals surface area contributed by atoms with Gasteiger partial charge in [-0.05, 0) is 0 Å². The van der Waals surface area contributed by atoms with Crippen LogP contribution in [0.2, 0.25) is 0 Å². The van der Waals surface area contributed by atoms with Crippen molar-refractivity contribution in [1.82, 2.24) is 20.4 Å². The van der Waals surface area contributed by atoms with Crippen LogP contribution < -0.4 is 10.6 Å². The van der Waals surface area contributed by atoms with Gasteiger partial charge in [0.2, 0.25) is 5.91 Å². The second-order valence-electron chi connectivity index (χ2n) is 4.88. The van der Waals surface area contributed by atoms with Gasteiger partial charge in [-0.3, -0.25) is 9.69 Å². The molecule has 2 fully saturated rings. The molecule has 0 radical (unpaired) electrons. The number of halogens is 3. The molecule has 0 aromatic heterocycles. The zero-order valence-electron chi connectivity index (χ0n) is 10.7. The number of carbonyl (C=O) groups excluding carboxylic acids is 1. The lowest BCUT2D eigenvalue weighted by molar-refractivity contribution is -0.160. The highest BCUT2D eigenvalue weighted by atomic mass is 19.4. The SMILES string of the molecule is O=C(C1CNCCN1CC(F)(F)F)N1CCNCC1. The van der Waals surface area contributed by atoms with Crippen LogP contribution in [0.5, 0.6) is 0 Å². The number of piperazine rings is 2. The standard InChI is InChI=1S/C11H19F3N4O/c12-11(13,14)8-18-6-3-16-7-9(18)10(19)17-4-1-15-2-5-17/h9,15-16H,1-8H2. The van der Waals surface area contributed by atoms with Gasteiger partial charge in [-0.1, -0.05) is 0 Å². The van der Waals surface area contributed by atoms with Gasteiger partial charge in [-0.25, -0.2) is 0 Å². The normalized spacial score (nSPS) is 26.5. The van der Waals surface area contributed by atoms with E-state index in [1.165, 1.54) is 4.90 Å². The average Bonchev–Trinajstić information content (AvgIpc) is 2.38. The van der Waals surface area contributed by atoms with Crippen molar-refractivity contribution < 1.29 is 18.0 Å². The highest BCUT2D eigenvalue weighted by Gasteiger charge is 2.39. The van der Waals surface area contributed by atoms with E-state index in [4.69, 9.17) is 0 Å². The van der Waals surface area contributed by atoms with Crippen molar-refractivity contribution >= 4 is 5.91 Å². The first-order valence-electron chi connectivity index (χ1n) is 6.48. The predicted octanol–water partition coefficient (Wildman–Crippen LogP) is -0.746. The van der Waals surface area contributed by atoms with Gasteiger partial charge in [0, 0.05) is 45.8 Å². The second kappa shape index (κ2) is 6.06. The molecule has 0 aromatic carbocycles. The largest absolute Gasteiger partial charge is 0.401 e. The lowest BCUT2D eigenvalue weighted by Gasteiger charge is -2.39. The van der Waals surface area contributed by atoms with E-state index in [1.807, 2.05) is 0 Å².